The number of rotatable bonds is 0. The Kier molecular flexibility index (Phi) is 2.66. The minimum absolute atomic E-state index is 0. The number of nitriles is 1. The predicted molar refractivity (Wildman–Crippen MR) is 64.9 cm³/mol. The van der Waals surface area contributed by atoms with Crippen molar-refractivity contribution >= 4 is 40.0 Å². The van der Waals surface area contributed by atoms with Crippen LogP contribution >= 0.6 is 34.8 Å². The molecule has 0 aromatic carbocycles. The Morgan fingerprint density at radius 1 is 1.50 bits per heavy atom. The van der Waals surface area contributed by atoms with E-state index in [0.717, 1.165) is 0 Å². The molecule has 0 N–H and O–H groups in total. The normalized spacial score (nSPS) is 40.7. The number of aliphatic imine (C=N–C) groups is 1. The van der Waals surface area contributed by atoms with Gasteiger partial charge in [0.2, 0.25) is 0 Å². The van der Waals surface area contributed by atoms with E-state index in [-0.39, 0.29) is 15.8 Å². The first-order valence-corrected chi connectivity index (χ1v) is 6.13. The van der Waals surface area contributed by atoms with E-state index >= 15 is 0 Å². The zero-order valence-electron chi connectivity index (χ0n) is 9.00. The molecule has 4 atom stereocenters. The van der Waals surface area contributed by atoms with Crippen LogP contribution in [-0.4, -0.2) is 22.3 Å². The third-order valence-corrected chi connectivity index (χ3v) is 4.28. The second-order valence-electron chi connectivity index (χ2n) is 4.17. The average molecular weight is 561 g/mol. The Morgan fingerprint density at radius 2 is 2.17 bits per heavy atom. The number of halogens is 4. The summed E-state index contributed by atoms with van der Waals surface area (Å²) >= 11 is 17.9. The Morgan fingerprint density at radius 3 is 2.78 bits per heavy atom. The van der Waals surface area contributed by atoms with Gasteiger partial charge in [-0.05, 0) is 5.57 Å². The van der Waals surface area contributed by atoms with Crippen molar-refractivity contribution in [1.82, 2.24) is 0 Å². The van der Waals surface area contributed by atoms with Crippen LogP contribution in [0.25, 0.3) is 0 Å². The molecule has 2 nitrogen and oxygen atoms in total. The van der Waals surface area contributed by atoms with Gasteiger partial charge in [-0.2, -0.15) is 16.9 Å². The minimum atomic E-state index is -1.17. The molecule has 0 saturated heterocycles. The predicted octanol–water partition coefficient (Wildman–Crippen LogP) is 3.11. The molecule has 0 aromatic heterocycles. The van der Waals surface area contributed by atoms with E-state index in [1.54, 1.807) is 12.5 Å². The van der Waals surface area contributed by atoms with Gasteiger partial charge in [-0.15, -0.1) is 0 Å². The molecule has 0 radical (unpaired) electrons. The molecule has 4 unspecified atom stereocenters. The molecular formula is C11H5BhCl3FN2-. The fraction of sp³-hybridized carbons (Fsp3) is 0.364. The van der Waals surface area contributed by atoms with Crippen LogP contribution in [0, 0.1) is 23.7 Å². The molecule has 1 heterocycles. The van der Waals surface area contributed by atoms with Crippen molar-refractivity contribution < 1.29 is 4.39 Å². The minimum Gasteiger partial charge on any atom is -0.299 e. The molecule has 18 heavy (non-hydrogen) atoms. The fourth-order valence-electron chi connectivity index (χ4n) is 2.46. The summed E-state index contributed by atoms with van der Waals surface area (Å²) in [5.74, 6) is -0.396. The summed E-state index contributed by atoms with van der Waals surface area (Å²) in [6.07, 6.45) is 2.15. The van der Waals surface area contributed by atoms with Crippen LogP contribution in [0.3, 0.4) is 0 Å². The maximum atomic E-state index is 13.9. The van der Waals surface area contributed by atoms with Crippen molar-refractivity contribution in [3.63, 3.8) is 0 Å². The molecular weight excluding hydrogens is 555 g/mol. The first-order chi connectivity index (χ1) is 8.02. The summed E-state index contributed by atoms with van der Waals surface area (Å²) in [5.41, 5.74) is -0.464. The van der Waals surface area contributed by atoms with E-state index in [1.165, 1.54) is 0 Å². The number of hydrogen-bond acceptors (Lipinski definition) is 2. The number of allylic oxidation sites excluding steroid dienone is 2. The molecule has 0 aromatic rings. The molecule has 0 bridgehead atoms. The standard InChI is InChI=1S/C11H5Cl3FN2.Bh/c12-4-1-6-8(13)5(3-16)10(14)17-11(6)7(2-4)9(11)15;/h1-2,4,7,9H;/q-1;. The second kappa shape index (κ2) is 3.71. The third kappa shape index (κ3) is 1.26. The average Bonchev–Trinajstić information content (AvgIpc) is 2.82. The summed E-state index contributed by atoms with van der Waals surface area (Å²) in [6.45, 7) is 0. The van der Waals surface area contributed by atoms with Crippen LogP contribution in [0.15, 0.2) is 27.2 Å². The van der Waals surface area contributed by atoms with Crippen LogP contribution in [0.1, 0.15) is 0 Å². The summed E-state index contributed by atoms with van der Waals surface area (Å²) in [7, 11) is 0. The van der Waals surface area contributed by atoms with Crippen molar-refractivity contribution in [3.8, 4) is 6.07 Å². The van der Waals surface area contributed by atoms with E-state index in [4.69, 9.17) is 40.1 Å². The Bertz CT molecular complexity index is 551. The van der Waals surface area contributed by atoms with Gasteiger partial charge in [0.25, 0.3) is 0 Å². The van der Waals surface area contributed by atoms with Crippen molar-refractivity contribution in [2.75, 3.05) is 0 Å². The van der Waals surface area contributed by atoms with Crippen LogP contribution in [0.5, 0.6) is 0 Å². The topological polar surface area (TPSA) is 36.1 Å². The SMILES string of the molecule is N#CC1=C(Cl)C2=CC(Cl)[CH-]C3C(F)C23N=C1Cl.[Bh]. The van der Waals surface area contributed by atoms with Gasteiger partial charge in [-0.3, -0.25) is 11.4 Å². The molecule has 1 aliphatic heterocycles. The summed E-state index contributed by atoms with van der Waals surface area (Å²) in [5, 5.41) is 8.67. The van der Waals surface area contributed by atoms with E-state index in [1.807, 2.05) is 6.07 Å². The van der Waals surface area contributed by atoms with Crippen LogP contribution < -0.4 is 0 Å². The molecule has 1 spiro atoms. The van der Waals surface area contributed by atoms with Crippen molar-refractivity contribution in [1.29, 1.82) is 5.26 Å². The third-order valence-electron chi connectivity index (χ3n) is 3.34. The maximum absolute atomic E-state index is 13.9. The molecule has 2 aliphatic carbocycles. The van der Waals surface area contributed by atoms with E-state index in [0.29, 0.717) is 5.57 Å². The van der Waals surface area contributed by atoms with E-state index < -0.39 is 23.0 Å². The summed E-state index contributed by atoms with van der Waals surface area (Å²) < 4.78 is 13.9. The van der Waals surface area contributed by atoms with Crippen LogP contribution in [0.4, 0.5) is 4.39 Å². The van der Waals surface area contributed by atoms with Crippen molar-refractivity contribution in [3.05, 3.63) is 28.7 Å². The monoisotopic (exact) mass is 559 g/mol. The number of hydrogen-bond donors (Lipinski definition) is 0. The molecule has 3 aliphatic rings. The Balaban J connectivity index is 0.00000120. The van der Waals surface area contributed by atoms with Gasteiger partial charge < -0.3 is 0 Å². The number of dihydropyridines is 1. The Hall–Kier alpha value is -1.56. The largest absolute Gasteiger partial charge is 0.299 e. The van der Waals surface area contributed by atoms with Gasteiger partial charge >= 0.3 is 0 Å². The van der Waals surface area contributed by atoms with Crippen molar-refractivity contribution in [2.24, 2.45) is 10.9 Å². The number of alkyl halides is 2. The van der Waals surface area contributed by atoms with E-state index in [9.17, 15) is 4.39 Å². The quantitative estimate of drug-likeness (QED) is 0.332. The van der Waals surface area contributed by atoms with Gasteiger partial charge in [0, 0.05) is 0 Å². The summed E-state index contributed by atoms with van der Waals surface area (Å²) in [4.78, 5) is 4.11. The smallest absolute Gasteiger partial charge is 0.144 e. The molecule has 1 fully saturated rings. The molecule has 0 amide bonds. The van der Waals surface area contributed by atoms with Crippen LogP contribution in [0.2, 0.25) is 0 Å². The van der Waals surface area contributed by atoms with Gasteiger partial charge in [0.1, 0.15) is 23.0 Å². The van der Waals surface area contributed by atoms with Crippen molar-refractivity contribution in [2.45, 2.75) is 17.1 Å². The summed E-state index contributed by atoms with van der Waals surface area (Å²) in [6, 6.07) is 1.87. The first kappa shape index (κ1) is 12.9. The molecule has 7 heteroatoms. The second-order valence-corrected chi connectivity index (χ2v) is 5.41. The van der Waals surface area contributed by atoms with Gasteiger partial charge in [-0.1, -0.05) is 40.6 Å². The maximum Gasteiger partial charge on any atom is 0.144 e. The fourth-order valence-corrected chi connectivity index (χ4v) is 3.41. The zero-order chi connectivity index (χ0) is 12.4. The Labute approximate surface area is 112 Å². The van der Waals surface area contributed by atoms with E-state index in [2.05, 4.69) is 4.99 Å². The molecule has 90 valence electrons. The number of nitrogens with zero attached hydrogens (tertiary/aromatic N) is 2. The van der Waals surface area contributed by atoms with Crippen LogP contribution in [-0.2, 0) is 0 Å². The zero-order valence-corrected chi connectivity index (χ0v) is 17.8. The van der Waals surface area contributed by atoms with Gasteiger partial charge in [-0.25, -0.2) is 4.39 Å². The molecule has 3 rings (SSSR count). The first-order valence-electron chi connectivity index (χ1n) is 4.93. The molecule has 1 saturated carbocycles. The van der Waals surface area contributed by atoms with Gasteiger partial charge in [0.15, 0.2) is 0 Å². The van der Waals surface area contributed by atoms with Gasteiger partial charge in [0.05, 0.1) is 10.6 Å².